The Morgan fingerprint density at radius 3 is 2.60 bits per heavy atom. The van der Waals surface area contributed by atoms with E-state index in [0.717, 1.165) is 5.75 Å². The van der Waals surface area contributed by atoms with E-state index in [1.54, 1.807) is 48.3 Å². The van der Waals surface area contributed by atoms with E-state index in [2.05, 4.69) is 15.9 Å². The van der Waals surface area contributed by atoms with Crippen molar-refractivity contribution < 1.29 is 13.9 Å². The Balaban J connectivity index is 1.81. The molecule has 1 aromatic heterocycles. The van der Waals surface area contributed by atoms with Crippen molar-refractivity contribution in [2.45, 2.75) is 0 Å². The molecule has 0 spiro atoms. The smallest absolute Gasteiger partial charge is 0.289 e. The normalized spacial score (nSPS) is 10.3. The van der Waals surface area contributed by atoms with E-state index in [9.17, 15) is 4.79 Å². The molecule has 20 heavy (non-hydrogen) atoms. The van der Waals surface area contributed by atoms with E-state index in [1.807, 2.05) is 0 Å². The molecule has 0 aliphatic rings. The molecule has 1 aromatic carbocycles. The van der Waals surface area contributed by atoms with Crippen molar-refractivity contribution >= 4 is 33.4 Å². The summed E-state index contributed by atoms with van der Waals surface area (Å²) in [7, 11) is 1.70. The van der Waals surface area contributed by atoms with Gasteiger partial charge in [-0.15, -0.1) is 0 Å². The van der Waals surface area contributed by atoms with Crippen LogP contribution in [0.4, 0.5) is 0 Å². The van der Waals surface area contributed by atoms with Gasteiger partial charge in [0.1, 0.15) is 12.4 Å². The highest BCUT2D eigenvalue weighted by atomic mass is 79.9. The molecule has 106 valence electrons. The third-order valence-electron chi connectivity index (χ3n) is 2.64. The predicted octanol–water partition coefficient (Wildman–Crippen LogP) is 3.85. The molecule has 0 bridgehead atoms. The first-order valence-electron chi connectivity index (χ1n) is 5.95. The number of furan rings is 1. The second-order valence-corrected chi connectivity index (χ2v) is 5.35. The maximum Gasteiger partial charge on any atom is 0.289 e. The van der Waals surface area contributed by atoms with Crippen LogP contribution < -0.4 is 4.74 Å². The number of hydrogen-bond acceptors (Lipinski definition) is 3. The van der Waals surface area contributed by atoms with Gasteiger partial charge >= 0.3 is 0 Å². The Kier molecular flexibility index (Phi) is 5.09. The standard InChI is InChI=1S/C14H13BrClNO3/c1-17(14(18)12-6-7-13(15)20-12)8-9-19-11-4-2-10(16)3-5-11/h2-7H,8-9H2,1H3. The minimum atomic E-state index is -0.185. The Hall–Kier alpha value is -1.46. The summed E-state index contributed by atoms with van der Waals surface area (Å²) < 4.78 is 11.3. The molecular weight excluding hydrogens is 346 g/mol. The number of carbonyl (C=O) groups excluding carboxylic acids is 1. The summed E-state index contributed by atoms with van der Waals surface area (Å²) in [5.41, 5.74) is 0. The van der Waals surface area contributed by atoms with Crippen LogP contribution in [0.25, 0.3) is 0 Å². The van der Waals surface area contributed by atoms with Crippen molar-refractivity contribution in [3.63, 3.8) is 0 Å². The molecule has 0 aliphatic heterocycles. The lowest BCUT2D eigenvalue weighted by atomic mass is 10.3. The lowest BCUT2D eigenvalue weighted by Gasteiger charge is -2.16. The number of likely N-dealkylation sites (N-methyl/N-ethyl adjacent to an activating group) is 1. The van der Waals surface area contributed by atoms with Crippen molar-refractivity contribution in [3.8, 4) is 5.75 Å². The number of hydrogen-bond donors (Lipinski definition) is 0. The summed E-state index contributed by atoms with van der Waals surface area (Å²) in [4.78, 5) is 13.5. The molecule has 4 nitrogen and oxygen atoms in total. The SMILES string of the molecule is CN(CCOc1ccc(Cl)cc1)C(=O)c1ccc(Br)o1. The molecular formula is C14H13BrClNO3. The third-order valence-corrected chi connectivity index (χ3v) is 3.32. The second-order valence-electron chi connectivity index (χ2n) is 4.13. The fraction of sp³-hybridized carbons (Fsp3) is 0.214. The van der Waals surface area contributed by atoms with Gasteiger partial charge in [-0.25, -0.2) is 0 Å². The van der Waals surface area contributed by atoms with E-state index >= 15 is 0 Å². The minimum Gasteiger partial charge on any atom is -0.492 e. The molecule has 2 rings (SSSR count). The monoisotopic (exact) mass is 357 g/mol. The predicted molar refractivity (Wildman–Crippen MR) is 80.3 cm³/mol. The van der Waals surface area contributed by atoms with Gasteiger partial charge in [-0.3, -0.25) is 4.79 Å². The zero-order valence-electron chi connectivity index (χ0n) is 10.8. The van der Waals surface area contributed by atoms with Gasteiger partial charge in [0.05, 0.1) is 6.54 Å². The van der Waals surface area contributed by atoms with Crippen LogP contribution >= 0.6 is 27.5 Å². The number of carbonyl (C=O) groups is 1. The maximum atomic E-state index is 12.0. The van der Waals surface area contributed by atoms with Gasteiger partial charge in [-0.05, 0) is 52.3 Å². The highest BCUT2D eigenvalue weighted by Crippen LogP contribution is 2.16. The molecule has 0 saturated carbocycles. The van der Waals surface area contributed by atoms with Gasteiger partial charge < -0.3 is 14.1 Å². The third kappa shape index (κ3) is 4.02. The van der Waals surface area contributed by atoms with Crippen molar-refractivity contribution in [2.75, 3.05) is 20.2 Å². The van der Waals surface area contributed by atoms with Crippen LogP contribution in [0, 0.1) is 0 Å². The van der Waals surface area contributed by atoms with Gasteiger partial charge in [0, 0.05) is 12.1 Å². The summed E-state index contributed by atoms with van der Waals surface area (Å²) in [5.74, 6) is 0.831. The van der Waals surface area contributed by atoms with Gasteiger partial charge in [-0.1, -0.05) is 11.6 Å². The number of amides is 1. The fourth-order valence-electron chi connectivity index (χ4n) is 1.55. The fourth-order valence-corrected chi connectivity index (χ4v) is 1.98. The van der Waals surface area contributed by atoms with Gasteiger partial charge in [0.25, 0.3) is 5.91 Å². The van der Waals surface area contributed by atoms with Crippen LogP contribution in [0.2, 0.25) is 5.02 Å². The molecule has 0 aliphatic carbocycles. The molecule has 0 unspecified atom stereocenters. The number of nitrogens with zero attached hydrogens (tertiary/aromatic N) is 1. The average Bonchev–Trinajstić information content (AvgIpc) is 2.86. The molecule has 0 saturated heterocycles. The Labute approximate surface area is 130 Å². The lowest BCUT2D eigenvalue weighted by Crippen LogP contribution is -2.30. The highest BCUT2D eigenvalue weighted by Gasteiger charge is 2.15. The molecule has 2 aromatic rings. The second kappa shape index (κ2) is 6.81. The quantitative estimate of drug-likeness (QED) is 0.815. The van der Waals surface area contributed by atoms with Gasteiger partial charge in [-0.2, -0.15) is 0 Å². The van der Waals surface area contributed by atoms with Crippen molar-refractivity contribution in [1.29, 1.82) is 0 Å². The van der Waals surface area contributed by atoms with Crippen molar-refractivity contribution in [1.82, 2.24) is 4.90 Å². The number of rotatable bonds is 5. The summed E-state index contributed by atoms with van der Waals surface area (Å²) in [5, 5.41) is 0.660. The molecule has 6 heteroatoms. The van der Waals surface area contributed by atoms with E-state index < -0.39 is 0 Å². The van der Waals surface area contributed by atoms with Crippen molar-refractivity contribution in [2.24, 2.45) is 0 Å². The minimum absolute atomic E-state index is 0.185. The molecule has 0 radical (unpaired) electrons. The van der Waals surface area contributed by atoms with Crippen LogP contribution in [0.3, 0.4) is 0 Å². The topological polar surface area (TPSA) is 42.7 Å². The first-order valence-corrected chi connectivity index (χ1v) is 7.12. The van der Waals surface area contributed by atoms with Crippen LogP contribution in [-0.2, 0) is 0 Å². The largest absolute Gasteiger partial charge is 0.492 e. The first kappa shape index (κ1) is 14.9. The zero-order valence-corrected chi connectivity index (χ0v) is 13.1. The summed E-state index contributed by atoms with van der Waals surface area (Å²) >= 11 is 8.95. The maximum absolute atomic E-state index is 12.0. The van der Waals surface area contributed by atoms with Gasteiger partial charge in [0.15, 0.2) is 10.4 Å². The van der Waals surface area contributed by atoms with Crippen molar-refractivity contribution in [3.05, 3.63) is 51.9 Å². The number of ether oxygens (including phenoxy) is 1. The summed E-state index contributed by atoms with van der Waals surface area (Å²) in [6.45, 7) is 0.853. The van der Waals surface area contributed by atoms with E-state index in [4.69, 9.17) is 20.8 Å². The zero-order chi connectivity index (χ0) is 14.5. The summed E-state index contributed by atoms with van der Waals surface area (Å²) in [6, 6.07) is 10.4. The summed E-state index contributed by atoms with van der Waals surface area (Å²) in [6.07, 6.45) is 0. The molecule has 0 fully saturated rings. The molecule has 1 heterocycles. The number of benzene rings is 1. The van der Waals surface area contributed by atoms with E-state index in [-0.39, 0.29) is 5.91 Å². The average molecular weight is 359 g/mol. The van der Waals surface area contributed by atoms with Crippen LogP contribution in [0.5, 0.6) is 5.75 Å². The Morgan fingerprint density at radius 1 is 1.30 bits per heavy atom. The molecule has 0 atom stereocenters. The molecule has 1 amide bonds. The highest BCUT2D eigenvalue weighted by molar-refractivity contribution is 9.10. The van der Waals surface area contributed by atoms with Crippen LogP contribution in [-0.4, -0.2) is 31.0 Å². The first-order chi connectivity index (χ1) is 9.56. The van der Waals surface area contributed by atoms with E-state index in [1.165, 1.54) is 0 Å². The Morgan fingerprint density at radius 2 is 2.00 bits per heavy atom. The van der Waals surface area contributed by atoms with Crippen LogP contribution in [0.1, 0.15) is 10.6 Å². The number of halogens is 2. The Bertz CT molecular complexity index is 582. The van der Waals surface area contributed by atoms with Crippen LogP contribution in [0.15, 0.2) is 45.5 Å². The van der Waals surface area contributed by atoms with E-state index in [0.29, 0.717) is 28.6 Å². The van der Waals surface area contributed by atoms with Gasteiger partial charge in [0.2, 0.25) is 0 Å². The molecule has 0 N–H and O–H groups in total. The lowest BCUT2D eigenvalue weighted by molar-refractivity contribution is 0.0741.